The number of aromatic nitrogens is 2. The van der Waals surface area contributed by atoms with Gasteiger partial charge in [-0.15, -0.1) is 11.3 Å². The fourth-order valence-corrected chi connectivity index (χ4v) is 4.50. The van der Waals surface area contributed by atoms with E-state index in [1.54, 1.807) is 11.3 Å². The highest BCUT2D eigenvalue weighted by molar-refractivity contribution is 7.10. The lowest BCUT2D eigenvalue weighted by Gasteiger charge is -2.28. The van der Waals surface area contributed by atoms with E-state index in [1.165, 1.54) is 29.6 Å². The highest BCUT2D eigenvalue weighted by Crippen LogP contribution is 2.31. The van der Waals surface area contributed by atoms with Gasteiger partial charge in [-0.1, -0.05) is 0 Å². The fourth-order valence-electron chi connectivity index (χ4n) is 3.38. The monoisotopic (exact) mass is 315 g/mol. The molecule has 4 rings (SSSR count). The summed E-state index contributed by atoms with van der Waals surface area (Å²) in [7, 11) is 0. The van der Waals surface area contributed by atoms with Gasteiger partial charge in [-0.25, -0.2) is 4.98 Å². The number of fused-ring (bicyclic) bond motifs is 2. The van der Waals surface area contributed by atoms with Crippen LogP contribution in [0.2, 0.25) is 0 Å². The van der Waals surface area contributed by atoms with Gasteiger partial charge in [-0.05, 0) is 37.7 Å². The molecule has 1 aliphatic heterocycles. The lowest BCUT2D eigenvalue weighted by atomic mass is 9.95. The first-order chi connectivity index (χ1) is 10.7. The number of aryl methyl sites for hydroxylation is 1. The standard InChI is InChI=1S/C16H17N3O2S/c20-15-11-5-6-19(7-13(11)17-9-18-15)16(21)12-8-22-14-4-2-1-3-10(12)14/h8-9H,1-7H2,(H,17,18,20). The van der Waals surface area contributed by atoms with Crippen molar-refractivity contribution in [1.29, 1.82) is 0 Å². The highest BCUT2D eigenvalue weighted by atomic mass is 32.1. The van der Waals surface area contributed by atoms with Gasteiger partial charge >= 0.3 is 0 Å². The summed E-state index contributed by atoms with van der Waals surface area (Å²) in [5.74, 6) is 0.0899. The van der Waals surface area contributed by atoms with Crippen molar-refractivity contribution in [3.05, 3.63) is 49.3 Å². The van der Waals surface area contributed by atoms with Gasteiger partial charge in [0.05, 0.1) is 24.1 Å². The summed E-state index contributed by atoms with van der Waals surface area (Å²) < 4.78 is 0. The normalized spacial score (nSPS) is 17.0. The van der Waals surface area contributed by atoms with Crippen LogP contribution >= 0.6 is 11.3 Å². The highest BCUT2D eigenvalue weighted by Gasteiger charge is 2.27. The summed E-state index contributed by atoms with van der Waals surface area (Å²) in [6.45, 7) is 1.02. The second kappa shape index (κ2) is 5.35. The van der Waals surface area contributed by atoms with Crippen molar-refractivity contribution in [3.8, 4) is 0 Å². The maximum atomic E-state index is 12.8. The largest absolute Gasteiger partial charge is 0.332 e. The molecule has 22 heavy (non-hydrogen) atoms. The Balaban J connectivity index is 1.62. The minimum Gasteiger partial charge on any atom is -0.332 e. The van der Waals surface area contributed by atoms with Crippen LogP contribution in [0.3, 0.4) is 0 Å². The maximum Gasteiger partial charge on any atom is 0.255 e. The molecule has 1 N–H and O–H groups in total. The van der Waals surface area contributed by atoms with Crippen LogP contribution in [0.4, 0.5) is 0 Å². The van der Waals surface area contributed by atoms with E-state index in [9.17, 15) is 9.59 Å². The second-order valence-electron chi connectivity index (χ2n) is 5.89. The summed E-state index contributed by atoms with van der Waals surface area (Å²) in [4.78, 5) is 34.6. The Hall–Kier alpha value is -1.95. The van der Waals surface area contributed by atoms with Crippen molar-refractivity contribution in [2.24, 2.45) is 0 Å². The minimum atomic E-state index is -0.0787. The fraction of sp³-hybridized carbons (Fsp3) is 0.438. The molecular weight excluding hydrogens is 298 g/mol. The third-order valence-corrected chi connectivity index (χ3v) is 5.68. The van der Waals surface area contributed by atoms with Crippen LogP contribution in [-0.4, -0.2) is 27.3 Å². The Bertz CT molecular complexity index is 793. The van der Waals surface area contributed by atoms with Crippen molar-refractivity contribution < 1.29 is 4.79 Å². The molecule has 114 valence electrons. The number of carbonyl (C=O) groups excluding carboxylic acids is 1. The Morgan fingerprint density at radius 3 is 3.00 bits per heavy atom. The van der Waals surface area contributed by atoms with E-state index in [-0.39, 0.29) is 11.5 Å². The molecule has 0 fully saturated rings. The third kappa shape index (κ3) is 2.18. The van der Waals surface area contributed by atoms with E-state index in [2.05, 4.69) is 9.97 Å². The number of nitrogens with one attached hydrogen (secondary N) is 1. The summed E-state index contributed by atoms with van der Waals surface area (Å²) >= 11 is 1.71. The second-order valence-corrected chi connectivity index (χ2v) is 6.86. The number of hydrogen-bond donors (Lipinski definition) is 1. The smallest absolute Gasteiger partial charge is 0.255 e. The molecule has 2 aliphatic rings. The number of H-pyrrole nitrogens is 1. The van der Waals surface area contributed by atoms with E-state index < -0.39 is 0 Å². The molecular formula is C16H17N3O2S. The van der Waals surface area contributed by atoms with Crippen LogP contribution in [0.15, 0.2) is 16.5 Å². The molecule has 0 radical (unpaired) electrons. The number of rotatable bonds is 1. The molecule has 0 saturated carbocycles. The van der Waals surface area contributed by atoms with E-state index in [4.69, 9.17) is 0 Å². The van der Waals surface area contributed by atoms with Gasteiger partial charge in [0.15, 0.2) is 0 Å². The summed E-state index contributed by atoms with van der Waals surface area (Å²) in [6, 6.07) is 0. The number of hydrogen-bond acceptors (Lipinski definition) is 4. The molecule has 0 unspecified atom stereocenters. The SMILES string of the molecule is O=C(c1csc2c1CCCC2)N1CCc2c(nc[nH]c2=O)C1. The quantitative estimate of drug-likeness (QED) is 0.874. The molecule has 1 amide bonds. The zero-order chi connectivity index (χ0) is 15.1. The maximum absolute atomic E-state index is 12.8. The molecule has 0 aromatic carbocycles. The van der Waals surface area contributed by atoms with E-state index in [0.29, 0.717) is 19.5 Å². The predicted molar refractivity (Wildman–Crippen MR) is 84.3 cm³/mol. The molecule has 0 bridgehead atoms. The lowest BCUT2D eigenvalue weighted by molar-refractivity contribution is 0.0730. The molecule has 2 aromatic heterocycles. The first-order valence-electron chi connectivity index (χ1n) is 7.68. The van der Waals surface area contributed by atoms with Crippen LogP contribution in [-0.2, 0) is 25.8 Å². The van der Waals surface area contributed by atoms with Crippen molar-refractivity contribution in [2.75, 3.05) is 6.54 Å². The Morgan fingerprint density at radius 2 is 2.09 bits per heavy atom. The summed E-state index contributed by atoms with van der Waals surface area (Å²) in [6.07, 6.45) is 6.52. The number of nitrogens with zero attached hydrogens (tertiary/aromatic N) is 2. The van der Waals surface area contributed by atoms with Crippen LogP contribution in [0.1, 0.15) is 44.9 Å². The number of aromatic amines is 1. The Morgan fingerprint density at radius 1 is 1.23 bits per heavy atom. The van der Waals surface area contributed by atoms with E-state index in [0.717, 1.165) is 29.7 Å². The van der Waals surface area contributed by atoms with Crippen LogP contribution < -0.4 is 5.56 Å². The molecule has 6 heteroatoms. The van der Waals surface area contributed by atoms with Gasteiger partial charge in [-0.2, -0.15) is 0 Å². The number of thiophene rings is 1. The topological polar surface area (TPSA) is 66.1 Å². The van der Waals surface area contributed by atoms with Crippen molar-refractivity contribution in [3.63, 3.8) is 0 Å². The van der Waals surface area contributed by atoms with E-state index >= 15 is 0 Å². The molecule has 0 atom stereocenters. The number of carbonyl (C=O) groups is 1. The average Bonchev–Trinajstić information content (AvgIpc) is 2.98. The van der Waals surface area contributed by atoms with Gasteiger partial charge in [-0.3, -0.25) is 9.59 Å². The third-order valence-electron chi connectivity index (χ3n) is 4.59. The average molecular weight is 315 g/mol. The molecule has 5 nitrogen and oxygen atoms in total. The summed E-state index contributed by atoms with van der Waals surface area (Å²) in [5, 5.41) is 2.01. The molecule has 1 aliphatic carbocycles. The first-order valence-corrected chi connectivity index (χ1v) is 8.56. The molecule has 3 heterocycles. The zero-order valence-electron chi connectivity index (χ0n) is 12.2. The van der Waals surface area contributed by atoms with Crippen LogP contribution in [0, 0.1) is 0 Å². The molecule has 0 saturated heterocycles. The van der Waals surface area contributed by atoms with Crippen LogP contribution in [0.5, 0.6) is 0 Å². The predicted octanol–water partition coefficient (Wildman–Crippen LogP) is 1.91. The minimum absolute atomic E-state index is 0.0787. The van der Waals surface area contributed by atoms with Gasteiger partial charge in [0.25, 0.3) is 11.5 Å². The van der Waals surface area contributed by atoms with E-state index in [1.807, 2.05) is 10.3 Å². The zero-order valence-corrected chi connectivity index (χ0v) is 13.0. The van der Waals surface area contributed by atoms with Crippen molar-refractivity contribution in [1.82, 2.24) is 14.9 Å². The summed E-state index contributed by atoms with van der Waals surface area (Å²) in [5.41, 5.74) is 3.50. The molecule has 0 spiro atoms. The Labute approximate surface area is 132 Å². The van der Waals surface area contributed by atoms with Crippen molar-refractivity contribution in [2.45, 2.75) is 38.6 Å². The first kappa shape index (κ1) is 13.7. The van der Waals surface area contributed by atoms with Gasteiger partial charge < -0.3 is 9.88 Å². The van der Waals surface area contributed by atoms with Crippen LogP contribution in [0.25, 0.3) is 0 Å². The Kier molecular flexibility index (Phi) is 3.33. The number of amides is 1. The van der Waals surface area contributed by atoms with Gasteiger partial charge in [0.2, 0.25) is 0 Å². The van der Waals surface area contributed by atoms with Gasteiger partial charge in [0, 0.05) is 22.4 Å². The lowest BCUT2D eigenvalue weighted by Crippen LogP contribution is -2.39. The van der Waals surface area contributed by atoms with Crippen molar-refractivity contribution >= 4 is 17.2 Å². The van der Waals surface area contributed by atoms with Gasteiger partial charge in [0.1, 0.15) is 0 Å². The molecule has 2 aromatic rings.